The van der Waals surface area contributed by atoms with Crippen LogP contribution in [0.3, 0.4) is 0 Å². The first-order valence-corrected chi connectivity index (χ1v) is 7.39. The number of hydrogen-bond acceptors (Lipinski definition) is 4. The second kappa shape index (κ2) is 6.80. The van der Waals surface area contributed by atoms with Crippen molar-refractivity contribution in [1.29, 1.82) is 0 Å². The Bertz CT molecular complexity index is 467. The van der Waals surface area contributed by atoms with Crippen LogP contribution in [0.1, 0.15) is 29.4 Å². The monoisotopic (exact) mass is 275 g/mol. The van der Waals surface area contributed by atoms with E-state index in [1.165, 1.54) is 10.4 Å². The molecule has 0 saturated carbocycles. The molecule has 0 aliphatic rings. The standard InChI is InChI=1S/C15H21N3S/c1-12(15-9-16-11-19-15)17-14(10-18(2)3)13-7-5-4-6-8-13/h4-9,11-12,14,17H,10H2,1-3H3. The van der Waals surface area contributed by atoms with Crippen molar-refractivity contribution >= 4 is 11.3 Å². The average molecular weight is 275 g/mol. The van der Waals surface area contributed by atoms with Crippen LogP contribution < -0.4 is 5.32 Å². The number of nitrogens with zero attached hydrogens (tertiary/aromatic N) is 2. The summed E-state index contributed by atoms with van der Waals surface area (Å²) in [7, 11) is 4.21. The van der Waals surface area contributed by atoms with Gasteiger partial charge in [0.05, 0.1) is 5.51 Å². The number of nitrogens with one attached hydrogen (secondary N) is 1. The molecule has 2 atom stereocenters. The zero-order valence-electron chi connectivity index (χ0n) is 11.7. The van der Waals surface area contributed by atoms with Gasteiger partial charge in [0.15, 0.2) is 0 Å². The topological polar surface area (TPSA) is 28.2 Å². The minimum Gasteiger partial charge on any atom is -0.308 e. The SMILES string of the molecule is CC(NC(CN(C)C)c1ccccc1)c1cncs1. The fourth-order valence-electron chi connectivity index (χ4n) is 2.13. The Labute approximate surface area is 119 Å². The van der Waals surface area contributed by atoms with Crippen LogP contribution in [0.5, 0.6) is 0 Å². The molecule has 0 aliphatic carbocycles. The van der Waals surface area contributed by atoms with Gasteiger partial charge in [-0.3, -0.25) is 4.98 Å². The molecular formula is C15H21N3S. The number of likely N-dealkylation sites (N-methyl/N-ethyl adjacent to an activating group) is 1. The van der Waals surface area contributed by atoms with Gasteiger partial charge in [0, 0.05) is 29.7 Å². The van der Waals surface area contributed by atoms with Gasteiger partial charge in [-0.2, -0.15) is 0 Å². The first-order valence-electron chi connectivity index (χ1n) is 6.51. The summed E-state index contributed by atoms with van der Waals surface area (Å²) < 4.78 is 0. The van der Waals surface area contributed by atoms with Crippen LogP contribution >= 0.6 is 11.3 Å². The van der Waals surface area contributed by atoms with Crippen molar-refractivity contribution in [2.45, 2.75) is 19.0 Å². The maximum absolute atomic E-state index is 4.15. The highest BCUT2D eigenvalue weighted by molar-refractivity contribution is 7.09. The van der Waals surface area contributed by atoms with E-state index in [4.69, 9.17) is 0 Å². The molecule has 0 spiro atoms. The molecule has 0 saturated heterocycles. The quantitative estimate of drug-likeness (QED) is 0.878. The molecule has 2 unspecified atom stereocenters. The van der Waals surface area contributed by atoms with E-state index >= 15 is 0 Å². The van der Waals surface area contributed by atoms with Crippen molar-refractivity contribution < 1.29 is 0 Å². The molecular weight excluding hydrogens is 254 g/mol. The van der Waals surface area contributed by atoms with Gasteiger partial charge in [-0.05, 0) is 26.6 Å². The van der Waals surface area contributed by atoms with Crippen molar-refractivity contribution in [3.63, 3.8) is 0 Å². The first-order chi connectivity index (χ1) is 9.16. The zero-order valence-corrected chi connectivity index (χ0v) is 12.5. The lowest BCUT2D eigenvalue weighted by molar-refractivity contribution is 0.326. The van der Waals surface area contributed by atoms with Crippen LogP contribution in [0.15, 0.2) is 42.0 Å². The van der Waals surface area contributed by atoms with Crippen LogP contribution in [-0.4, -0.2) is 30.5 Å². The maximum Gasteiger partial charge on any atom is 0.0794 e. The third-order valence-electron chi connectivity index (χ3n) is 3.08. The van der Waals surface area contributed by atoms with Crippen molar-refractivity contribution in [1.82, 2.24) is 15.2 Å². The molecule has 3 nitrogen and oxygen atoms in total. The lowest BCUT2D eigenvalue weighted by Crippen LogP contribution is -2.32. The lowest BCUT2D eigenvalue weighted by atomic mass is 10.1. The summed E-state index contributed by atoms with van der Waals surface area (Å²) in [6.45, 7) is 3.17. The Hall–Kier alpha value is -1.23. The van der Waals surface area contributed by atoms with Crippen LogP contribution in [0.25, 0.3) is 0 Å². The normalized spacial score (nSPS) is 14.5. The summed E-state index contributed by atoms with van der Waals surface area (Å²) >= 11 is 1.70. The average Bonchev–Trinajstić information content (AvgIpc) is 2.92. The molecule has 102 valence electrons. The van der Waals surface area contributed by atoms with Gasteiger partial charge in [0.1, 0.15) is 0 Å². The number of hydrogen-bond donors (Lipinski definition) is 1. The largest absolute Gasteiger partial charge is 0.308 e. The molecule has 1 aromatic carbocycles. The first kappa shape index (κ1) is 14.2. The van der Waals surface area contributed by atoms with Gasteiger partial charge in [-0.25, -0.2) is 0 Å². The molecule has 0 radical (unpaired) electrons. The van der Waals surface area contributed by atoms with Crippen molar-refractivity contribution in [3.8, 4) is 0 Å². The number of aromatic nitrogens is 1. The number of rotatable bonds is 6. The van der Waals surface area contributed by atoms with Crippen molar-refractivity contribution in [2.24, 2.45) is 0 Å². The smallest absolute Gasteiger partial charge is 0.0794 e. The molecule has 4 heteroatoms. The van der Waals surface area contributed by atoms with E-state index in [0.29, 0.717) is 12.1 Å². The highest BCUT2D eigenvalue weighted by Crippen LogP contribution is 2.22. The van der Waals surface area contributed by atoms with E-state index in [1.54, 1.807) is 11.3 Å². The number of benzene rings is 1. The highest BCUT2D eigenvalue weighted by Gasteiger charge is 2.16. The highest BCUT2D eigenvalue weighted by atomic mass is 32.1. The molecule has 1 heterocycles. The summed E-state index contributed by atoms with van der Waals surface area (Å²) in [6, 6.07) is 11.3. The molecule has 0 amide bonds. The van der Waals surface area contributed by atoms with E-state index in [1.807, 2.05) is 11.7 Å². The van der Waals surface area contributed by atoms with Crippen LogP contribution in [-0.2, 0) is 0 Å². The van der Waals surface area contributed by atoms with Gasteiger partial charge in [-0.15, -0.1) is 11.3 Å². The minimum atomic E-state index is 0.317. The van der Waals surface area contributed by atoms with E-state index in [0.717, 1.165) is 6.54 Å². The molecule has 0 bridgehead atoms. The van der Waals surface area contributed by atoms with Gasteiger partial charge < -0.3 is 10.2 Å². The fraction of sp³-hybridized carbons (Fsp3) is 0.400. The third kappa shape index (κ3) is 4.13. The summed E-state index contributed by atoms with van der Waals surface area (Å²) in [5.41, 5.74) is 3.21. The van der Waals surface area contributed by atoms with E-state index in [2.05, 4.69) is 66.6 Å². The molecule has 19 heavy (non-hydrogen) atoms. The zero-order chi connectivity index (χ0) is 13.7. The molecule has 0 aliphatic heterocycles. The predicted octanol–water partition coefficient (Wildman–Crippen LogP) is 3.10. The Morgan fingerprint density at radius 3 is 2.58 bits per heavy atom. The van der Waals surface area contributed by atoms with Crippen molar-refractivity contribution in [2.75, 3.05) is 20.6 Å². The Balaban J connectivity index is 2.10. The van der Waals surface area contributed by atoms with Crippen molar-refractivity contribution in [3.05, 3.63) is 52.5 Å². The molecule has 2 aromatic rings. The minimum absolute atomic E-state index is 0.317. The van der Waals surface area contributed by atoms with Gasteiger partial charge in [0.25, 0.3) is 0 Å². The molecule has 0 fully saturated rings. The summed E-state index contributed by atoms with van der Waals surface area (Å²) in [6.07, 6.45) is 1.94. The second-order valence-corrected chi connectivity index (χ2v) is 5.94. The van der Waals surface area contributed by atoms with Gasteiger partial charge in [-0.1, -0.05) is 30.3 Å². The Morgan fingerprint density at radius 2 is 2.00 bits per heavy atom. The van der Waals surface area contributed by atoms with Gasteiger partial charge >= 0.3 is 0 Å². The number of thiazole rings is 1. The lowest BCUT2D eigenvalue weighted by Gasteiger charge is -2.26. The Kier molecular flexibility index (Phi) is 5.07. The third-order valence-corrected chi connectivity index (χ3v) is 4.04. The van der Waals surface area contributed by atoms with Gasteiger partial charge in [0.2, 0.25) is 0 Å². The molecule has 1 aromatic heterocycles. The molecule has 2 rings (SSSR count). The van der Waals surface area contributed by atoms with Crippen LogP contribution in [0.2, 0.25) is 0 Å². The predicted molar refractivity (Wildman–Crippen MR) is 81.4 cm³/mol. The van der Waals surface area contributed by atoms with Crippen LogP contribution in [0.4, 0.5) is 0 Å². The van der Waals surface area contributed by atoms with E-state index < -0.39 is 0 Å². The second-order valence-electron chi connectivity index (χ2n) is 5.02. The maximum atomic E-state index is 4.15. The summed E-state index contributed by atoms with van der Waals surface area (Å²) in [5.74, 6) is 0. The van der Waals surface area contributed by atoms with Crippen LogP contribution in [0, 0.1) is 0 Å². The van der Waals surface area contributed by atoms with E-state index in [-0.39, 0.29) is 0 Å². The Morgan fingerprint density at radius 1 is 1.26 bits per heavy atom. The molecule has 1 N–H and O–H groups in total. The summed E-state index contributed by atoms with van der Waals surface area (Å²) in [4.78, 5) is 7.64. The fourth-order valence-corrected chi connectivity index (χ4v) is 2.77. The summed E-state index contributed by atoms with van der Waals surface area (Å²) in [5, 5.41) is 3.70. The van der Waals surface area contributed by atoms with E-state index in [9.17, 15) is 0 Å².